The molecule has 0 unspecified atom stereocenters. The van der Waals surface area contributed by atoms with Gasteiger partial charge in [-0.05, 0) is 60.9 Å². The van der Waals surface area contributed by atoms with Crippen LogP contribution in [0.1, 0.15) is 16.7 Å². The summed E-state index contributed by atoms with van der Waals surface area (Å²) >= 11 is 0. The summed E-state index contributed by atoms with van der Waals surface area (Å²) in [7, 11) is 3.13. The molecule has 0 aliphatic rings. The van der Waals surface area contributed by atoms with Crippen LogP contribution in [0.5, 0.6) is 17.2 Å². The Labute approximate surface area is 147 Å². The first kappa shape index (κ1) is 18.3. The molecule has 0 aliphatic heterocycles. The van der Waals surface area contributed by atoms with Gasteiger partial charge in [-0.1, -0.05) is 6.07 Å². The molecule has 0 radical (unpaired) electrons. The number of ether oxygens (including phenoxy) is 3. The topological polar surface area (TPSA) is 69.2 Å². The van der Waals surface area contributed by atoms with E-state index in [1.165, 1.54) is 11.8 Å². The fourth-order valence-electron chi connectivity index (χ4n) is 2.10. The maximum absolute atomic E-state index is 11.8. The third kappa shape index (κ3) is 5.24. The van der Waals surface area contributed by atoms with Crippen molar-refractivity contribution in [2.45, 2.75) is 13.8 Å². The van der Waals surface area contributed by atoms with Crippen LogP contribution < -0.4 is 19.6 Å². The Balaban J connectivity index is 1.86. The van der Waals surface area contributed by atoms with Gasteiger partial charge in [0, 0.05) is 0 Å². The number of aryl methyl sites for hydroxylation is 2. The summed E-state index contributed by atoms with van der Waals surface area (Å²) in [5, 5.41) is 3.92. The smallest absolute Gasteiger partial charge is 0.277 e. The molecule has 1 N–H and O–H groups in total. The summed E-state index contributed by atoms with van der Waals surface area (Å²) < 4.78 is 15.8. The van der Waals surface area contributed by atoms with Crippen LogP contribution in [0, 0.1) is 13.8 Å². The predicted molar refractivity (Wildman–Crippen MR) is 96.7 cm³/mol. The molecule has 0 heterocycles. The lowest BCUT2D eigenvalue weighted by molar-refractivity contribution is -0.123. The summed E-state index contributed by atoms with van der Waals surface area (Å²) in [6, 6.07) is 11.0. The molecule has 0 bridgehead atoms. The monoisotopic (exact) mass is 342 g/mol. The largest absolute Gasteiger partial charge is 0.493 e. The molecule has 2 aromatic rings. The fraction of sp³-hybridized carbons (Fsp3) is 0.263. The Bertz CT molecular complexity index is 772. The van der Waals surface area contributed by atoms with Crippen molar-refractivity contribution in [2.75, 3.05) is 20.8 Å². The van der Waals surface area contributed by atoms with Gasteiger partial charge in [0.25, 0.3) is 5.91 Å². The number of hydrazone groups is 1. The Kier molecular flexibility index (Phi) is 6.39. The Morgan fingerprint density at radius 3 is 2.48 bits per heavy atom. The molecule has 2 aromatic carbocycles. The molecule has 6 nitrogen and oxygen atoms in total. The normalized spacial score (nSPS) is 10.6. The average Bonchev–Trinajstić information content (AvgIpc) is 2.62. The molecule has 0 aliphatic carbocycles. The van der Waals surface area contributed by atoms with Gasteiger partial charge in [0.2, 0.25) is 0 Å². The average molecular weight is 342 g/mol. The first-order valence-corrected chi connectivity index (χ1v) is 7.77. The minimum absolute atomic E-state index is 0.105. The van der Waals surface area contributed by atoms with Crippen LogP contribution in [0.15, 0.2) is 41.5 Å². The summed E-state index contributed by atoms with van der Waals surface area (Å²) in [6.45, 7) is 3.91. The van der Waals surface area contributed by atoms with E-state index in [2.05, 4.69) is 10.5 Å². The number of methoxy groups -OCH3 is 2. The van der Waals surface area contributed by atoms with Crippen LogP contribution in [0.4, 0.5) is 0 Å². The molecule has 25 heavy (non-hydrogen) atoms. The van der Waals surface area contributed by atoms with Crippen LogP contribution in [0.25, 0.3) is 0 Å². The fourth-order valence-corrected chi connectivity index (χ4v) is 2.10. The summed E-state index contributed by atoms with van der Waals surface area (Å²) in [5.41, 5.74) is 5.49. The highest BCUT2D eigenvalue weighted by molar-refractivity contribution is 5.83. The van der Waals surface area contributed by atoms with Gasteiger partial charge in [-0.25, -0.2) is 5.43 Å². The van der Waals surface area contributed by atoms with E-state index in [9.17, 15) is 4.79 Å². The van der Waals surface area contributed by atoms with Gasteiger partial charge in [-0.2, -0.15) is 5.10 Å². The third-order valence-corrected chi connectivity index (χ3v) is 3.66. The minimum Gasteiger partial charge on any atom is -0.493 e. The van der Waals surface area contributed by atoms with E-state index in [0.717, 1.165) is 11.1 Å². The Hall–Kier alpha value is -3.02. The number of carbonyl (C=O) groups excluding carboxylic acids is 1. The molecule has 0 saturated carbocycles. The molecule has 0 atom stereocenters. The van der Waals surface area contributed by atoms with Gasteiger partial charge < -0.3 is 14.2 Å². The second kappa shape index (κ2) is 8.73. The SMILES string of the molecule is COc1ccc(C=NNC(=O)COc2ccc(C)c(C)c2)cc1OC. The quantitative estimate of drug-likeness (QED) is 0.620. The molecular weight excluding hydrogens is 320 g/mol. The van der Waals surface area contributed by atoms with Gasteiger partial charge in [0.15, 0.2) is 18.1 Å². The molecule has 1 amide bonds. The van der Waals surface area contributed by atoms with E-state index in [-0.39, 0.29) is 12.5 Å². The van der Waals surface area contributed by atoms with E-state index in [0.29, 0.717) is 17.2 Å². The Morgan fingerprint density at radius 1 is 1.04 bits per heavy atom. The van der Waals surface area contributed by atoms with Crippen LogP contribution in [0.2, 0.25) is 0 Å². The van der Waals surface area contributed by atoms with Crippen molar-refractivity contribution < 1.29 is 19.0 Å². The van der Waals surface area contributed by atoms with Gasteiger partial charge >= 0.3 is 0 Å². The van der Waals surface area contributed by atoms with Crippen LogP contribution in [-0.2, 0) is 4.79 Å². The summed E-state index contributed by atoms with van der Waals surface area (Å²) in [5.74, 6) is 1.54. The van der Waals surface area contributed by atoms with E-state index >= 15 is 0 Å². The van der Waals surface area contributed by atoms with Crippen LogP contribution in [-0.4, -0.2) is 32.9 Å². The van der Waals surface area contributed by atoms with E-state index in [1.54, 1.807) is 26.4 Å². The van der Waals surface area contributed by atoms with Crippen molar-refractivity contribution in [3.63, 3.8) is 0 Å². The highest BCUT2D eigenvalue weighted by Gasteiger charge is 2.04. The predicted octanol–water partition coefficient (Wildman–Crippen LogP) is 2.85. The number of hydrogen-bond acceptors (Lipinski definition) is 5. The number of rotatable bonds is 7. The summed E-state index contributed by atoms with van der Waals surface area (Å²) in [6.07, 6.45) is 1.52. The molecule has 6 heteroatoms. The standard InChI is InChI=1S/C19H22N2O4/c1-13-5-7-16(9-14(13)2)25-12-19(22)21-20-11-15-6-8-17(23-3)18(10-15)24-4/h5-11H,12H2,1-4H3,(H,21,22). The minimum atomic E-state index is -0.338. The van der Waals surface area contributed by atoms with Gasteiger partial charge in [0.1, 0.15) is 5.75 Å². The van der Waals surface area contributed by atoms with Gasteiger partial charge in [-0.3, -0.25) is 4.79 Å². The number of nitrogens with one attached hydrogen (secondary N) is 1. The first-order valence-electron chi connectivity index (χ1n) is 7.77. The van der Waals surface area contributed by atoms with E-state index in [4.69, 9.17) is 14.2 Å². The lowest BCUT2D eigenvalue weighted by Gasteiger charge is -2.08. The van der Waals surface area contributed by atoms with Crippen molar-refractivity contribution >= 4 is 12.1 Å². The summed E-state index contributed by atoms with van der Waals surface area (Å²) in [4.78, 5) is 11.8. The zero-order chi connectivity index (χ0) is 18.2. The highest BCUT2D eigenvalue weighted by atomic mass is 16.5. The number of carbonyl (C=O) groups is 1. The number of hydrogen-bond donors (Lipinski definition) is 1. The maximum Gasteiger partial charge on any atom is 0.277 e. The van der Waals surface area contributed by atoms with Crippen molar-refractivity contribution in [1.29, 1.82) is 0 Å². The molecule has 0 aromatic heterocycles. The van der Waals surface area contributed by atoms with E-state index in [1.807, 2.05) is 38.1 Å². The van der Waals surface area contributed by atoms with E-state index < -0.39 is 0 Å². The molecule has 132 valence electrons. The maximum atomic E-state index is 11.8. The molecular formula is C19H22N2O4. The second-order valence-electron chi connectivity index (χ2n) is 5.44. The van der Waals surface area contributed by atoms with Crippen molar-refractivity contribution in [3.05, 3.63) is 53.1 Å². The lowest BCUT2D eigenvalue weighted by Crippen LogP contribution is -2.24. The number of benzene rings is 2. The van der Waals surface area contributed by atoms with Crippen molar-refractivity contribution in [1.82, 2.24) is 5.43 Å². The first-order chi connectivity index (χ1) is 12.0. The zero-order valence-electron chi connectivity index (χ0n) is 14.8. The second-order valence-corrected chi connectivity index (χ2v) is 5.44. The van der Waals surface area contributed by atoms with Crippen molar-refractivity contribution in [3.8, 4) is 17.2 Å². The number of nitrogens with zero attached hydrogens (tertiary/aromatic N) is 1. The number of amides is 1. The van der Waals surface area contributed by atoms with Gasteiger partial charge in [0.05, 0.1) is 20.4 Å². The Morgan fingerprint density at radius 2 is 1.80 bits per heavy atom. The molecule has 0 saturated heterocycles. The van der Waals surface area contributed by atoms with Crippen LogP contribution >= 0.6 is 0 Å². The van der Waals surface area contributed by atoms with Crippen molar-refractivity contribution in [2.24, 2.45) is 5.10 Å². The molecule has 0 fully saturated rings. The van der Waals surface area contributed by atoms with Gasteiger partial charge in [-0.15, -0.1) is 0 Å². The van der Waals surface area contributed by atoms with Crippen LogP contribution in [0.3, 0.4) is 0 Å². The molecule has 2 rings (SSSR count). The molecule has 0 spiro atoms. The zero-order valence-corrected chi connectivity index (χ0v) is 14.8. The highest BCUT2D eigenvalue weighted by Crippen LogP contribution is 2.26. The third-order valence-electron chi connectivity index (χ3n) is 3.66. The lowest BCUT2D eigenvalue weighted by atomic mass is 10.1.